The Hall–Kier alpha value is -1.23. The number of carbonyl (C=O) groups excluding carboxylic acids is 1. The quantitative estimate of drug-likeness (QED) is 0.756. The van der Waals surface area contributed by atoms with E-state index in [1.807, 2.05) is 0 Å². The molecule has 0 amide bonds. The van der Waals surface area contributed by atoms with Crippen LogP contribution in [0.2, 0.25) is 5.02 Å². The highest BCUT2D eigenvalue weighted by atomic mass is 35.5. The van der Waals surface area contributed by atoms with Crippen molar-refractivity contribution in [1.82, 2.24) is 4.98 Å². The maximum absolute atomic E-state index is 12.7. The predicted molar refractivity (Wildman–Crippen MR) is 50.8 cm³/mol. The monoisotopic (exact) mass is 235 g/mol. The zero-order valence-corrected chi connectivity index (χ0v) is 8.81. The summed E-state index contributed by atoms with van der Waals surface area (Å²) in [6.45, 7) is 0.512. The minimum Gasteiger partial charge on any atom is -0.480 e. The number of alkyl halides is 2. The van der Waals surface area contributed by atoms with Gasteiger partial charge in [0, 0.05) is 18.7 Å². The molecule has 0 aliphatic rings. The fraction of sp³-hybridized carbons (Fsp3) is 0.333. The van der Waals surface area contributed by atoms with E-state index in [-0.39, 0.29) is 16.5 Å². The Labute approximate surface area is 90.0 Å². The molecule has 0 fully saturated rings. The second-order valence-corrected chi connectivity index (χ2v) is 3.28. The Morgan fingerprint density at radius 1 is 1.60 bits per heavy atom. The van der Waals surface area contributed by atoms with Crippen molar-refractivity contribution in [3.05, 3.63) is 22.8 Å². The van der Waals surface area contributed by atoms with E-state index >= 15 is 0 Å². The number of ether oxygens (including phenoxy) is 1. The first-order chi connectivity index (χ1) is 6.88. The molecule has 1 aromatic rings. The molecule has 0 spiro atoms. The largest absolute Gasteiger partial charge is 0.480 e. The lowest BCUT2D eigenvalue weighted by molar-refractivity contribution is 0.0221. The molecular formula is C9H8ClF2NO2. The molecule has 0 aromatic carbocycles. The van der Waals surface area contributed by atoms with Crippen molar-refractivity contribution in [2.75, 3.05) is 7.11 Å². The summed E-state index contributed by atoms with van der Waals surface area (Å²) in [6.07, 6.45) is 1.18. The lowest BCUT2D eigenvalue weighted by atomic mass is 10.1. The van der Waals surface area contributed by atoms with Gasteiger partial charge in [0.25, 0.3) is 0 Å². The van der Waals surface area contributed by atoms with Crippen LogP contribution in [0.3, 0.4) is 0 Å². The number of Topliss-reactive ketones (excluding diaryl/α,β-unsaturated/α-hetero) is 1. The van der Waals surface area contributed by atoms with Gasteiger partial charge in [-0.1, -0.05) is 11.6 Å². The maximum atomic E-state index is 12.7. The van der Waals surface area contributed by atoms with Crippen LogP contribution in [0.1, 0.15) is 17.3 Å². The number of aromatic nitrogens is 1. The van der Waals surface area contributed by atoms with Crippen molar-refractivity contribution in [3.8, 4) is 5.88 Å². The van der Waals surface area contributed by atoms with Gasteiger partial charge in [-0.3, -0.25) is 4.79 Å². The zero-order chi connectivity index (χ0) is 11.6. The molecule has 0 saturated heterocycles. The van der Waals surface area contributed by atoms with Crippen molar-refractivity contribution in [3.63, 3.8) is 0 Å². The lowest BCUT2D eigenvalue weighted by Crippen LogP contribution is -2.24. The molecule has 15 heavy (non-hydrogen) atoms. The molecule has 0 N–H and O–H groups in total. The van der Waals surface area contributed by atoms with Gasteiger partial charge in [0.05, 0.1) is 7.11 Å². The first-order valence-corrected chi connectivity index (χ1v) is 4.37. The number of carbonyl (C=O) groups is 1. The summed E-state index contributed by atoms with van der Waals surface area (Å²) in [7, 11) is 1.28. The van der Waals surface area contributed by atoms with Crippen molar-refractivity contribution in [1.29, 1.82) is 0 Å². The summed E-state index contributed by atoms with van der Waals surface area (Å²) >= 11 is 5.67. The highest BCUT2D eigenvalue weighted by Gasteiger charge is 2.35. The number of hydrogen-bond donors (Lipinski definition) is 0. The van der Waals surface area contributed by atoms with Crippen molar-refractivity contribution in [2.45, 2.75) is 12.8 Å². The van der Waals surface area contributed by atoms with Crippen LogP contribution in [0.4, 0.5) is 8.78 Å². The number of halogens is 3. The number of rotatable bonds is 3. The number of nitrogens with zero attached hydrogens (tertiary/aromatic N) is 1. The predicted octanol–water partition coefficient (Wildman–Crippen LogP) is 2.58. The Morgan fingerprint density at radius 3 is 2.67 bits per heavy atom. The van der Waals surface area contributed by atoms with Gasteiger partial charge in [0.15, 0.2) is 0 Å². The maximum Gasteiger partial charge on any atom is 0.307 e. The Kier molecular flexibility index (Phi) is 3.24. The third-order valence-electron chi connectivity index (χ3n) is 1.69. The average molecular weight is 236 g/mol. The summed E-state index contributed by atoms with van der Waals surface area (Å²) in [4.78, 5) is 14.9. The summed E-state index contributed by atoms with van der Waals surface area (Å²) in [5.74, 6) is -4.87. The van der Waals surface area contributed by atoms with Gasteiger partial charge < -0.3 is 4.74 Å². The second-order valence-electron chi connectivity index (χ2n) is 2.90. The molecule has 1 rings (SSSR count). The second kappa shape index (κ2) is 4.10. The molecule has 0 saturated carbocycles. The molecule has 0 radical (unpaired) electrons. The number of methoxy groups -OCH3 is 1. The van der Waals surface area contributed by atoms with Crippen LogP contribution in [0.5, 0.6) is 5.88 Å². The van der Waals surface area contributed by atoms with Gasteiger partial charge in [-0.2, -0.15) is 8.78 Å². The minimum atomic E-state index is -3.46. The molecule has 1 aromatic heterocycles. The van der Waals surface area contributed by atoms with E-state index in [1.54, 1.807) is 0 Å². The Bertz CT molecular complexity index is 390. The van der Waals surface area contributed by atoms with Gasteiger partial charge in [-0.15, -0.1) is 0 Å². The van der Waals surface area contributed by atoms with E-state index in [0.717, 1.165) is 6.07 Å². The van der Waals surface area contributed by atoms with Crippen LogP contribution in [0.15, 0.2) is 12.3 Å². The molecule has 0 atom stereocenters. The van der Waals surface area contributed by atoms with Crippen molar-refractivity contribution < 1.29 is 18.3 Å². The lowest BCUT2D eigenvalue weighted by Gasteiger charge is -2.11. The SMILES string of the molecule is COc1nccc(C(=O)C(C)(F)F)c1Cl. The summed E-state index contributed by atoms with van der Waals surface area (Å²) in [5, 5.41) is -0.202. The van der Waals surface area contributed by atoms with Crippen LogP contribution in [0, 0.1) is 0 Å². The van der Waals surface area contributed by atoms with Crippen LogP contribution in [-0.2, 0) is 0 Å². The number of hydrogen-bond acceptors (Lipinski definition) is 3. The molecule has 3 nitrogen and oxygen atoms in total. The molecule has 0 unspecified atom stereocenters. The van der Waals surface area contributed by atoms with Crippen LogP contribution < -0.4 is 4.74 Å². The Morgan fingerprint density at radius 2 is 2.20 bits per heavy atom. The molecule has 6 heteroatoms. The van der Waals surface area contributed by atoms with E-state index in [1.165, 1.54) is 13.3 Å². The van der Waals surface area contributed by atoms with Gasteiger partial charge in [0.1, 0.15) is 5.02 Å². The first kappa shape index (κ1) is 11.8. The summed E-state index contributed by atoms with van der Waals surface area (Å²) in [6, 6.07) is 1.13. The van der Waals surface area contributed by atoms with Gasteiger partial charge in [-0.25, -0.2) is 4.98 Å². The van der Waals surface area contributed by atoms with Crippen LogP contribution in [0.25, 0.3) is 0 Å². The summed E-state index contributed by atoms with van der Waals surface area (Å²) < 4.78 is 30.2. The van der Waals surface area contributed by atoms with Gasteiger partial charge in [-0.05, 0) is 6.07 Å². The standard InChI is InChI=1S/C9H8ClF2NO2/c1-9(11,12)7(14)5-3-4-13-8(15-2)6(5)10/h3-4H,1-2H3. The fourth-order valence-corrected chi connectivity index (χ4v) is 1.25. The van der Waals surface area contributed by atoms with Crippen molar-refractivity contribution in [2.24, 2.45) is 0 Å². The number of ketones is 1. The normalized spacial score (nSPS) is 11.3. The van der Waals surface area contributed by atoms with E-state index < -0.39 is 11.7 Å². The third kappa shape index (κ3) is 2.41. The van der Waals surface area contributed by atoms with Crippen LogP contribution in [-0.4, -0.2) is 23.8 Å². The molecular weight excluding hydrogens is 228 g/mol. The van der Waals surface area contributed by atoms with E-state index in [0.29, 0.717) is 6.92 Å². The average Bonchev–Trinajstić information content (AvgIpc) is 2.16. The van der Waals surface area contributed by atoms with Crippen molar-refractivity contribution >= 4 is 17.4 Å². The molecule has 0 bridgehead atoms. The zero-order valence-electron chi connectivity index (χ0n) is 8.05. The molecule has 1 heterocycles. The van der Waals surface area contributed by atoms with Gasteiger partial charge in [0.2, 0.25) is 11.7 Å². The molecule has 82 valence electrons. The fourth-order valence-electron chi connectivity index (χ4n) is 0.979. The third-order valence-corrected chi connectivity index (χ3v) is 2.06. The highest BCUT2D eigenvalue weighted by molar-refractivity contribution is 6.35. The first-order valence-electron chi connectivity index (χ1n) is 3.99. The Balaban J connectivity index is 3.22. The highest BCUT2D eigenvalue weighted by Crippen LogP contribution is 2.29. The van der Waals surface area contributed by atoms with Crippen LogP contribution >= 0.6 is 11.6 Å². The molecule has 0 aliphatic heterocycles. The number of pyridine rings is 1. The topological polar surface area (TPSA) is 39.2 Å². The summed E-state index contributed by atoms with van der Waals surface area (Å²) in [5.41, 5.74) is -0.295. The van der Waals surface area contributed by atoms with E-state index in [2.05, 4.69) is 4.98 Å². The van der Waals surface area contributed by atoms with Gasteiger partial charge >= 0.3 is 5.92 Å². The minimum absolute atomic E-state index is 0.0493. The molecule has 0 aliphatic carbocycles. The smallest absolute Gasteiger partial charge is 0.307 e. The van der Waals surface area contributed by atoms with E-state index in [4.69, 9.17) is 16.3 Å². The van der Waals surface area contributed by atoms with E-state index in [9.17, 15) is 13.6 Å².